The fourth-order valence-electron chi connectivity index (χ4n) is 3.03. The van der Waals surface area contributed by atoms with Gasteiger partial charge in [-0.05, 0) is 24.3 Å². The van der Waals surface area contributed by atoms with Gasteiger partial charge in [0.1, 0.15) is 0 Å². The minimum absolute atomic E-state index is 0.351. The molecule has 1 aromatic carbocycles. The van der Waals surface area contributed by atoms with Crippen molar-refractivity contribution in [1.82, 2.24) is 10.2 Å². The summed E-state index contributed by atoms with van der Waals surface area (Å²) in [6, 6.07) is 10.4. The van der Waals surface area contributed by atoms with Crippen LogP contribution in [-0.2, 0) is 12.8 Å². The van der Waals surface area contributed by atoms with Crippen LogP contribution in [0, 0.1) is 0 Å². The lowest BCUT2D eigenvalue weighted by molar-refractivity contribution is 0.317. The van der Waals surface area contributed by atoms with E-state index in [1.807, 2.05) is 6.07 Å². The highest BCUT2D eigenvalue weighted by molar-refractivity contribution is 6.03. The molecule has 0 saturated heterocycles. The highest BCUT2D eigenvalue weighted by Crippen LogP contribution is 2.33. The maximum Gasteiger partial charge on any atom is 0.0911 e. The second kappa shape index (κ2) is 5.49. The van der Waals surface area contributed by atoms with Crippen LogP contribution >= 0.6 is 0 Å². The van der Waals surface area contributed by atoms with Crippen molar-refractivity contribution in [2.45, 2.75) is 38.5 Å². The van der Waals surface area contributed by atoms with Gasteiger partial charge in [-0.3, -0.25) is 5.10 Å². The number of aryl methyl sites for hydroxylation is 1. The van der Waals surface area contributed by atoms with E-state index in [-0.39, 0.29) is 0 Å². The number of H-pyrrole nitrogens is 1. The van der Waals surface area contributed by atoms with Crippen LogP contribution in [-0.4, -0.2) is 21.1 Å². The first-order chi connectivity index (χ1) is 9.83. The number of aromatic amines is 1. The first-order valence-corrected chi connectivity index (χ1v) is 7.15. The molecule has 1 aliphatic carbocycles. The van der Waals surface area contributed by atoms with E-state index in [1.54, 1.807) is 0 Å². The van der Waals surface area contributed by atoms with Crippen LogP contribution in [0.2, 0.25) is 0 Å². The summed E-state index contributed by atoms with van der Waals surface area (Å²) >= 11 is 0. The topological polar surface area (TPSA) is 61.3 Å². The quantitative estimate of drug-likeness (QED) is 0.663. The fourth-order valence-corrected chi connectivity index (χ4v) is 3.03. The number of nitrogens with one attached hydrogen (secondary N) is 1. The third kappa shape index (κ3) is 2.22. The van der Waals surface area contributed by atoms with Crippen LogP contribution in [0.5, 0.6) is 0 Å². The van der Waals surface area contributed by atoms with Crippen LogP contribution < -0.4 is 0 Å². The van der Waals surface area contributed by atoms with Gasteiger partial charge in [0, 0.05) is 17.7 Å². The molecule has 4 nitrogen and oxygen atoms in total. The van der Waals surface area contributed by atoms with E-state index in [2.05, 4.69) is 46.5 Å². The van der Waals surface area contributed by atoms with Crippen molar-refractivity contribution in [3.05, 3.63) is 52.8 Å². The summed E-state index contributed by atoms with van der Waals surface area (Å²) in [4.78, 5) is 0. The van der Waals surface area contributed by atoms with E-state index in [4.69, 9.17) is 0 Å². The zero-order chi connectivity index (χ0) is 13.9. The van der Waals surface area contributed by atoms with E-state index in [1.165, 1.54) is 5.56 Å². The van der Waals surface area contributed by atoms with Crippen LogP contribution in [0.3, 0.4) is 0 Å². The fraction of sp³-hybridized carbons (Fsp3) is 0.375. The first-order valence-electron chi connectivity index (χ1n) is 7.15. The average molecular weight is 269 g/mol. The van der Waals surface area contributed by atoms with Crippen LogP contribution in [0.15, 0.2) is 35.5 Å². The molecule has 20 heavy (non-hydrogen) atoms. The number of oxime groups is 1. The molecule has 0 fully saturated rings. The number of aromatic nitrogens is 2. The zero-order valence-electron chi connectivity index (χ0n) is 11.6. The SMILES string of the molecule is CCCc1n[nH]c2c1/C(=N\O)CC(c1ccccc1)C2. The van der Waals surface area contributed by atoms with Gasteiger partial charge in [-0.1, -0.05) is 48.8 Å². The number of hydrogen-bond donors (Lipinski definition) is 2. The Labute approximate surface area is 118 Å². The lowest BCUT2D eigenvalue weighted by atomic mass is 9.81. The van der Waals surface area contributed by atoms with Crippen molar-refractivity contribution in [3.8, 4) is 0 Å². The highest BCUT2D eigenvalue weighted by Gasteiger charge is 2.29. The van der Waals surface area contributed by atoms with Gasteiger partial charge in [0.2, 0.25) is 0 Å². The lowest BCUT2D eigenvalue weighted by Gasteiger charge is -2.23. The largest absolute Gasteiger partial charge is 0.411 e. The molecule has 2 N–H and O–H groups in total. The standard InChI is InChI=1S/C16H19N3O/c1-2-6-13-16-14(18-17-13)9-12(10-15(16)19-20)11-7-4-3-5-8-11/h3-5,7-8,12,20H,2,6,9-10H2,1H3,(H,17,18)/b19-15-. The van der Waals surface area contributed by atoms with Gasteiger partial charge in [-0.25, -0.2) is 0 Å². The lowest BCUT2D eigenvalue weighted by Crippen LogP contribution is -2.20. The second-order valence-corrected chi connectivity index (χ2v) is 5.34. The average Bonchev–Trinajstić information content (AvgIpc) is 2.91. The summed E-state index contributed by atoms with van der Waals surface area (Å²) in [7, 11) is 0. The molecule has 4 heteroatoms. The van der Waals surface area contributed by atoms with Gasteiger partial charge >= 0.3 is 0 Å². The molecular weight excluding hydrogens is 250 g/mol. The van der Waals surface area contributed by atoms with Crippen LogP contribution in [0.25, 0.3) is 0 Å². The number of benzene rings is 1. The molecule has 0 radical (unpaired) electrons. The van der Waals surface area contributed by atoms with Gasteiger partial charge in [-0.15, -0.1) is 0 Å². The third-order valence-corrected chi connectivity index (χ3v) is 3.97. The van der Waals surface area contributed by atoms with E-state index in [0.29, 0.717) is 5.92 Å². The van der Waals surface area contributed by atoms with E-state index in [0.717, 1.165) is 48.3 Å². The molecule has 1 atom stereocenters. The molecule has 0 bridgehead atoms. The normalized spacial score (nSPS) is 20.1. The van der Waals surface area contributed by atoms with Crippen LogP contribution in [0.1, 0.15) is 48.2 Å². The molecular formula is C16H19N3O. The van der Waals surface area contributed by atoms with Crippen LogP contribution in [0.4, 0.5) is 0 Å². The molecule has 3 rings (SSSR count). The molecule has 0 saturated carbocycles. The summed E-state index contributed by atoms with van der Waals surface area (Å²) in [5.41, 5.74) is 5.22. The van der Waals surface area contributed by atoms with Gasteiger partial charge in [0.05, 0.1) is 11.4 Å². The molecule has 0 amide bonds. The van der Waals surface area contributed by atoms with Gasteiger partial charge < -0.3 is 5.21 Å². The second-order valence-electron chi connectivity index (χ2n) is 5.34. The van der Waals surface area contributed by atoms with E-state index >= 15 is 0 Å². The Bertz CT molecular complexity index is 616. The Morgan fingerprint density at radius 1 is 1.30 bits per heavy atom. The Balaban J connectivity index is 1.96. The smallest absolute Gasteiger partial charge is 0.0911 e. The molecule has 1 aromatic heterocycles. The van der Waals surface area contributed by atoms with E-state index in [9.17, 15) is 5.21 Å². The first kappa shape index (κ1) is 12.9. The molecule has 1 aliphatic rings. The Morgan fingerprint density at radius 2 is 2.10 bits per heavy atom. The van der Waals surface area contributed by atoms with Gasteiger partial charge in [-0.2, -0.15) is 5.10 Å². The number of hydrogen-bond acceptors (Lipinski definition) is 3. The minimum atomic E-state index is 0.351. The number of rotatable bonds is 3. The van der Waals surface area contributed by atoms with Gasteiger partial charge in [0.15, 0.2) is 0 Å². The highest BCUT2D eigenvalue weighted by atomic mass is 16.4. The number of fused-ring (bicyclic) bond motifs is 1. The number of nitrogens with zero attached hydrogens (tertiary/aromatic N) is 2. The van der Waals surface area contributed by atoms with Crippen molar-refractivity contribution in [2.75, 3.05) is 0 Å². The van der Waals surface area contributed by atoms with Crippen molar-refractivity contribution in [3.63, 3.8) is 0 Å². The predicted molar refractivity (Wildman–Crippen MR) is 78.4 cm³/mol. The molecule has 1 heterocycles. The summed E-state index contributed by atoms with van der Waals surface area (Å²) < 4.78 is 0. The molecule has 104 valence electrons. The Kier molecular flexibility index (Phi) is 3.54. The maximum atomic E-state index is 9.36. The monoisotopic (exact) mass is 269 g/mol. The Hall–Kier alpha value is -2.10. The predicted octanol–water partition coefficient (Wildman–Crippen LogP) is 3.27. The summed E-state index contributed by atoms with van der Waals surface area (Å²) in [6.07, 6.45) is 3.65. The Morgan fingerprint density at radius 3 is 2.80 bits per heavy atom. The summed E-state index contributed by atoms with van der Waals surface area (Å²) in [5, 5.41) is 20.4. The van der Waals surface area contributed by atoms with Gasteiger partial charge in [0.25, 0.3) is 0 Å². The molecule has 2 aromatic rings. The summed E-state index contributed by atoms with van der Waals surface area (Å²) in [5.74, 6) is 0.351. The molecule has 0 aliphatic heterocycles. The summed E-state index contributed by atoms with van der Waals surface area (Å²) in [6.45, 7) is 2.13. The zero-order valence-corrected chi connectivity index (χ0v) is 11.6. The molecule has 1 unspecified atom stereocenters. The van der Waals surface area contributed by atoms with Crippen molar-refractivity contribution < 1.29 is 5.21 Å². The van der Waals surface area contributed by atoms with Crippen molar-refractivity contribution in [1.29, 1.82) is 0 Å². The molecule has 0 spiro atoms. The van der Waals surface area contributed by atoms with Crippen molar-refractivity contribution >= 4 is 5.71 Å². The third-order valence-electron chi connectivity index (χ3n) is 3.97. The maximum absolute atomic E-state index is 9.36. The minimum Gasteiger partial charge on any atom is -0.411 e. The van der Waals surface area contributed by atoms with Crippen molar-refractivity contribution in [2.24, 2.45) is 5.16 Å². The van der Waals surface area contributed by atoms with E-state index < -0.39 is 0 Å².